The first kappa shape index (κ1) is 13.5. The minimum absolute atomic E-state index is 0.0796. The Kier molecular flexibility index (Phi) is 3.53. The molecule has 0 aromatic carbocycles. The van der Waals surface area contributed by atoms with E-state index in [0.717, 1.165) is 17.2 Å². The number of rotatable bonds is 5. The third-order valence-corrected chi connectivity index (χ3v) is 3.40. The monoisotopic (exact) mass is 287 g/mol. The number of hydrogen-bond donors (Lipinski definition) is 0. The van der Waals surface area contributed by atoms with E-state index >= 15 is 0 Å². The average Bonchev–Trinajstić information content (AvgIpc) is 3.17. The van der Waals surface area contributed by atoms with Crippen LogP contribution in [-0.2, 0) is 18.8 Å². The molecule has 0 aliphatic heterocycles. The molecule has 0 saturated carbocycles. The average molecular weight is 287 g/mol. The van der Waals surface area contributed by atoms with E-state index < -0.39 is 0 Å². The molecule has 3 heterocycles. The third-order valence-electron chi connectivity index (χ3n) is 3.40. The van der Waals surface area contributed by atoms with Crippen molar-refractivity contribution < 1.29 is 4.74 Å². The molecule has 3 rings (SSSR count). The Hall–Kier alpha value is -2.48. The van der Waals surface area contributed by atoms with Crippen LogP contribution in [0.4, 0.5) is 0 Å². The van der Waals surface area contributed by atoms with Crippen LogP contribution in [0.25, 0.3) is 11.5 Å². The zero-order valence-electron chi connectivity index (χ0n) is 12.2. The number of ether oxygens (including phenoxy) is 1. The maximum absolute atomic E-state index is 5.31. The van der Waals surface area contributed by atoms with Gasteiger partial charge in [0, 0.05) is 39.8 Å². The van der Waals surface area contributed by atoms with Gasteiger partial charge in [-0.15, -0.1) is 5.10 Å². The van der Waals surface area contributed by atoms with Crippen LogP contribution in [0.2, 0.25) is 0 Å². The highest BCUT2D eigenvalue weighted by Crippen LogP contribution is 2.20. The van der Waals surface area contributed by atoms with Crippen LogP contribution in [-0.4, -0.2) is 48.0 Å². The van der Waals surface area contributed by atoms with Crippen molar-refractivity contribution in [1.82, 2.24) is 34.3 Å². The molecule has 0 aliphatic carbocycles. The second-order valence-electron chi connectivity index (χ2n) is 4.80. The van der Waals surface area contributed by atoms with Gasteiger partial charge in [0.1, 0.15) is 11.7 Å². The highest BCUT2D eigenvalue weighted by atomic mass is 16.5. The maximum Gasteiger partial charge on any atom is 0.161 e. The molecule has 0 radical (unpaired) electrons. The van der Waals surface area contributed by atoms with Crippen LogP contribution in [0, 0.1) is 0 Å². The Bertz CT molecular complexity index is 726. The molecule has 21 heavy (non-hydrogen) atoms. The van der Waals surface area contributed by atoms with Gasteiger partial charge in [0.2, 0.25) is 0 Å². The standard InChI is InChI=1S/C13H17N7O/c1-18-7-6-14-13(18)10-8-20(17-16-10)12(9-21-3)11-4-5-15-19(11)2/h4-8,12H,9H2,1-3H3/t12-/m0/s1. The predicted octanol–water partition coefficient (Wildman–Crippen LogP) is 0.648. The quantitative estimate of drug-likeness (QED) is 0.688. The van der Waals surface area contributed by atoms with Crippen molar-refractivity contribution in [3.05, 3.63) is 36.5 Å². The number of aromatic nitrogens is 7. The maximum atomic E-state index is 5.31. The zero-order valence-corrected chi connectivity index (χ0v) is 12.2. The van der Waals surface area contributed by atoms with E-state index in [-0.39, 0.29) is 6.04 Å². The molecular formula is C13H17N7O. The van der Waals surface area contributed by atoms with Crippen LogP contribution < -0.4 is 0 Å². The second-order valence-corrected chi connectivity index (χ2v) is 4.80. The van der Waals surface area contributed by atoms with Crippen molar-refractivity contribution in [2.75, 3.05) is 13.7 Å². The first-order valence-electron chi connectivity index (χ1n) is 6.57. The van der Waals surface area contributed by atoms with Crippen LogP contribution in [0.3, 0.4) is 0 Å². The van der Waals surface area contributed by atoms with Gasteiger partial charge in [-0.2, -0.15) is 5.10 Å². The minimum Gasteiger partial charge on any atom is -0.382 e. The molecule has 3 aromatic rings. The number of nitrogens with zero attached hydrogens (tertiary/aromatic N) is 7. The topological polar surface area (TPSA) is 75.6 Å². The summed E-state index contributed by atoms with van der Waals surface area (Å²) in [5, 5.41) is 12.6. The van der Waals surface area contributed by atoms with E-state index in [9.17, 15) is 0 Å². The highest BCUT2D eigenvalue weighted by molar-refractivity contribution is 5.47. The van der Waals surface area contributed by atoms with Crippen molar-refractivity contribution in [3.63, 3.8) is 0 Å². The van der Waals surface area contributed by atoms with Crippen LogP contribution in [0.15, 0.2) is 30.9 Å². The summed E-state index contributed by atoms with van der Waals surface area (Å²) in [6, 6.07) is 1.87. The van der Waals surface area contributed by atoms with Crippen LogP contribution in [0.5, 0.6) is 0 Å². The Morgan fingerprint density at radius 3 is 2.76 bits per heavy atom. The summed E-state index contributed by atoms with van der Waals surface area (Å²) in [7, 11) is 5.49. The van der Waals surface area contributed by atoms with Crippen molar-refractivity contribution in [1.29, 1.82) is 0 Å². The van der Waals surface area contributed by atoms with E-state index in [4.69, 9.17) is 4.74 Å². The van der Waals surface area contributed by atoms with Gasteiger partial charge in [-0.25, -0.2) is 9.67 Å². The van der Waals surface area contributed by atoms with Crippen molar-refractivity contribution in [2.24, 2.45) is 14.1 Å². The lowest BCUT2D eigenvalue weighted by Crippen LogP contribution is -2.19. The fraction of sp³-hybridized carbons (Fsp3) is 0.385. The van der Waals surface area contributed by atoms with Crippen LogP contribution >= 0.6 is 0 Å². The molecule has 8 nitrogen and oxygen atoms in total. The van der Waals surface area contributed by atoms with Gasteiger partial charge in [0.15, 0.2) is 5.82 Å². The molecule has 0 spiro atoms. The molecule has 0 amide bonds. The normalized spacial score (nSPS) is 12.7. The summed E-state index contributed by atoms with van der Waals surface area (Å²) < 4.78 is 10.8. The summed E-state index contributed by atoms with van der Waals surface area (Å²) in [5.41, 5.74) is 1.74. The Morgan fingerprint density at radius 1 is 1.29 bits per heavy atom. The molecule has 0 unspecified atom stereocenters. The van der Waals surface area contributed by atoms with Gasteiger partial charge in [0.25, 0.3) is 0 Å². The van der Waals surface area contributed by atoms with Crippen molar-refractivity contribution in [3.8, 4) is 11.5 Å². The zero-order chi connectivity index (χ0) is 14.8. The fourth-order valence-electron chi connectivity index (χ4n) is 2.31. The second kappa shape index (κ2) is 5.49. The lowest BCUT2D eigenvalue weighted by atomic mass is 10.2. The van der Waals surface area contributed by atoms with E-state index in [2.05, 4.69) is 20.4 Å². The minimum atomic E-state index is -0.0796. The number of imidazole rings is 1. The molecule has 0 bridgehead atoms. The van der Waals surface area contributed by atoms with Gasteiger partial charge in [-0.05, 0) is 6.07 Å². The van der Waals surface area contributed by atoms with Gasteiger partial charge in [-0.3, -0.25) is 4.68 Å². The summed E-state index contributed by atoms with van der Waals surface area (Å²) in [5.74, 6) is 0.780. The van der Waals surface area contributed by atoms with Gasteiger partial charge in [0.05, 0.1) is 18.5 Å². The summed E-state index contributed by atoms with van der Waals surface area (Å²) in [6.07, 6.45) is 7.25. The first-order chi connectivity index (χ1) is 10.2. The number of hydrogen-bond acceptors (Lipinski definition) is 5. The van der Waals surface area contributed by atoms with Gasteiger partial charge in [-0.1, -0.05) is 5.21 Å². The Morgan fingerprint density at radius 2 is 2.14 bits per heavy atom. The Balaban J connectivity index is 1.96. The molecular weight excluding hydrogens is 270 g/mol. The van der Waals surface area contributed by atoms with E-state index in [1.807, 2.05) is 41.8 Å². The summed E-state index contributed by atoms with van der Waals surface area (Å²) >= 11 is 0. The Labute approximate surface area is 122 Å². The summed E-state index contributed by atoms with van der Waals surface area (Å²) in [4.78, 5) is 4.28. The molecule has 8 heteroatoms. The molecule has 1 atom stereocenters. The SMILES string of the molecule is COC[C@@H](c1ccnn1C)n1cc(-c2nccn2C)nn1. The van der Waals surface area contributed by atoms with Crippen LogP contribution in [0.1, 0.15) is 11.7 Å². The molecule has 0 saturated heterocycles. The molecule has 0 fully saturated rings. The fourth-order valence-corrected chi connectivity index (χ4v) is 2.31. The van der Waals surface area contributed by atoms with Crippen molar-refractivity contribution >= 4 is 0 Å². The third kappa shape index (κ3) is 2.45. The lowest BCUT2D eigenvalue weighted by Gasteiger charge is -2.16. The molecule has 0 N–H and O–H groups in total. The van der Waals surface area contributed by atoms with E-state index in [1.54, 1.807) is 24.2 Å². The van der Waals surface area contributed by atoms with Gasteiger partial charge < -0.3 is 9.30 Å². The molecule has 0 aliphatic rings. The van der Waals surface area contributed by atoms with E-state index in [1.165, 1.54) is 0 Å². The van der Waals surface area contributed by atoms with Gasteiger partial charge >= 0.3 is 0 Å². The highest BCUT2D eigenvalue weighted by Gasteiger charge is 2.20. The molecule has 3 aromatic heterocycles. The first-order valence-corrected chi connectivity index (χ1v) is 6.57. The van der Waals surface area contributed by atoms with E-state index in [0.29, 0.717) is 6.61 Å². The lowest BCUT2D eigenvalue weighted by molar-refractivity contribution is 0.160. The smallest absolute Gasteiger partial charge is 0.161 e. The number of methoxy groups -OCH3 is 1. The number of aryl methyl sites for hydroxylation is 2. The largest absolute Gasteiger partial charge is 0.382 e. The predicted molar refractivity (Wildman–Crippen MR) is 75.4 cm³/mol. The molecule has 110 valence electrons. The summed E-state index contributed by atoms with van der Waals surface area (Å²) in [6.45, 7) is 0.489. The van der Waals surface area contributed by atoms with Crippen molar-refractivity contribution in [2.45, 2.75) is 6.04 Å².